The molecule has 0 saturated heterocycles. The Bertz CT molecular complexity index is 1130. The van der Waals surface area contributed by atoms with Crippen molar-refractivity contribution in [3.05, 3.63) is 66.0 Å². The van der Waals surface area contributed by atoms with Gasteiger partial charge in [-0.2, -0.15) is 0 Å². The molecule has 4 heteroatoms. The Kier molecular flexibility index (Phi) is 3.88. The van der Waals surface area contributed by atoms with E-state index in [1.165, 1.54) is 0 Å². The van der Waals surface area contributed by atoms with Gasteiger partial charge < -0.3 is 19.5 Å². The van der Waals surface area contributed by atoms with Crippen LogP contribution in [-0.4, -0.2) is 21.2 Å². The molecule has 1 aliphatic heterocycles. The van der Waals surface area contributed by atoms with Gasteiger partial charge in [0.15, 0.2) is 0 Å². The highest BCUT2D eigenvalue weighted by Gasteiger charge is 2.17. The Hall–Kier alpha value is -3.27. The van der Waals surface area contributed by atoms with Crippen molar-refractivity contribution in [3.63, 3.8) is 0 Å². The van der Waals surface area contributed by atoms with Gasteiger partial charge in [0.05, 0.1) is 12.5 Å². The molecule has 0 aromatic heterocycles. The van der Waals surface area contributed by atoms with E-state index in [4.69, 9.17) is 14.6 Å². The first-order chi connectivity index (χ1) is 12.6. The Morgan fingerprint density at radius 1 is 0.962 bits per heavy atom. The van der Waals surface area contributed by atoms with Gasteiger partial charge in [-0.05, 0) is 42.0 Å². The first-order valence-electron chi connectivity index (χ1n) is 8.44. The number of hydrogen-bond donors (Lipinski definition) is 1. The fraction of sp³-hybridized carbons (Fsp3) is 0.136. The summed E-state index contributed by atoms with van der Waals surface area (Å²) in [6.07, 6.45) is 0. The van der Waals surface area contributed by atoms with Gasteiger partial charge in [0, 0.05) is 48.4 Å². The number of anilines is 1. The Morgan fingerprint density at radius 2 is 1.81 bits per heavy atom. The molecule has 2 aromatic rings. The van der Waals surface area contributed by atoms with Crippen molar-refractivity contribution in [3.8, 4) is 28.2 Å². The summed E-state index contributed by atoms with van der Waals surface area (Å²) >= 11 is 0. The van der Waals surface area contributed by atoms with Gasteiger partial charge in [0.1, 0.15) is 17.1 Å². The lowest BCUT2D eigenvalue weighted by Crippen LogP contribution is -2.08. The van der Waals surface area contributed by atoms with Gasteiger partial charge in [-0.25, -0.2) is 0 Å². The second-order valence-electron chi connectivity index (χ2n) is 6.49. The number of benzene rings is 3. The molecule has 1 heterocycles. The van der Waals surface area contributed by atoms with Gasteiger partial charge in [0.2, 0.25) is 0 Å². The van der Waals surface area contributed by atoms with Crippen LogP contribution in [0.15, 0.2) is 65.1 Å². The lowest BCUT2D eigenvalue weighted by atomic mass is 9.93. The van der Waals surface area contributed by atoms with E-state index in [2.05, 4.69) is 18.2 Å². The number of ether oxygens (including phenoxy) is 1. The predicted octanol–water partition coefficient (Wildman–Crippen LogP) is 4.76. The molecule has 1 aliphatic carbocycles. The average Bonchev–Trinajstić information content (AvgIpc) is 2.65. The molecule has 4 rings (SSSR count). The molecule has 0 spiro atoms. The third-order valence-electron chi connectivity index (χ3n) is 4.58. The van der Waals surface area contributed by atoms with Crippen LogP contribution in [0.5, 0.6) is 5.75 Å². The van der Waals surface area contributed by atoms with Crippen LogP contribution in [0.1, 0.15) is 0 Å². The highest BCUT2D eigenvalue weighted by molar-refractivity contribution is 6.02. The number of methoxy groups -OCH3 is 1. The smallest absolute Gasteiger partial charge is 0.137 e. The summed E-state index contributed by atoms with van der Waals surface area (Å²) in [5.74, 6) is 1.52. The zero-order valence-electron chi connectivity index (χ0n) is 15.0. The molecule has 130 valence electrons. The molecule has 2 aliphatic rings. The van der Waals surface area contributed by atoms with Gasteiger partial charge >= 0.3 is 0 Å². The second-order valence-corrected chi connectivity index (χ2v) is 6.49. The lowest BCUT2D eigenvalue weighted by molar-refractivity contribution is 0.415. The molecule has 0 amide bonds. The van der Waals surface area contributed by atoms with E-state index in [-0.39, 0.29) is 0 Å². The molecule has 0 unspecified atom stereocenters. The minimum Gasteiger partial charge on any atom is -0.497 e. The summed E-state index contributed by atoms with van der Waals surface area (Å²) < 4.78 is 11.6. The molecule has 26 heavy (non-hydrogen) atoms. The number of nitrogens with zero attached hydrogens (tertiary/aromatic N) is 1. The third kappa shape index (κ3) is 2.69. The molecule has 0 fully saturated rings. The third-order valence-corrected chi connectivity index (χ3v) is 4.58. The SMILES string of the molecule is COc1cccc(-c2c3ccc(=N)cc-3oc3cc(N(C)C)ccc23)c1. The highest BCUT2D eigenvalue weighted by Crippen LogP contribution is 2.41. The normalized spacial score (nSPS) is 11.0. The number of hydrogen-bond acceptors (Lipinski definition) is 4. The molecular formula is C22H20N2O2. The van der Waals surface area contributed by atoms with Crippen LogP contribution in [0, 0.1) is 5.41 Å². The standard InChI is InChI=1S/C22H20N2O2/c1-24(2)16-8-10-19-21(13-16)26-20-12-15(23)7-9-18(20)22(19)14-5-4-6-17(11-14)25-3/h4-13,23H,1-3H3. The van der Waals surface area contributed by atoms with Crippen LogP contribution in [0.3, 0.4) is 0 Å². The van der Waals surface area contributed by atoms with Crippen molar-refractivity contribution in [1.29, 1.82) is 5.41 Å². The molecular weight excluding hydrogens is 324 g/mol. The van der Waals surface area contributed by atoms with E-state index in [1.807, 2.05) is 49.3 Å². The average molecular weight is 344 g/mol. The van der Waals surface area contributed by atoms with E-state index in [1.54, 1.807) is 19.2 Å². The van der Waals surface area contributed by atoms with E-state index in [0.717, 1.165) is 39.1 Å². The largest absolute Gasteiger partial charge is 0.497 e. The summed E-state index contributed by atoms with van der Waals surface area (Å²) in [7, 11) is 5.69. The van der Waals surface area contributed by atoms with Crippen LogP contribution in [0.25, 0.3) is 33.4 Å². The zero-order valence-corrected chi connectivity index (χ0v) is 15.0. The predicted molar refractivity (Wildman–Crippen MR) is 105 cm³/mol. The summed E-state index contributed by atoms with van der Waals surface area (Å²) in [6, 6.07) is 19.8. The van der Waals surface area contributed by atoms with E-state index in [9.17, 15) is 0 Å². The number of fused-ring (bicyclic) bond motifs is 2. The summed E-state index contributed by atoms with van der Waals surface area (Å²) in [4.78, 5) is 2.05. The van der Waals surface area contributed by atoms with Crippen molar-refractivity contribution in [2.75, 3.05) is 26.1 Å². The Balaban J connectivity index is 2.12. The van der Waals surface area contributed by atoms with Crippen LogP contribution in [-0.2, 0) is 0 Å². The minimum absolute atomic E-state index is 0.431. The van der Waals surface area contributed by atoms with Crippen LogP contribution < -0.4 is 15.0 Å². The molecule has 0 radical (unpaired) electrons. The van der Waals surface area contributed by atoms with Crippen LogP contribution >= 0.6 is 0 Å². The van der Waals surface area contributed by atoms with Gasteiger partial charge in [-0.3, -0.25) is 0 Å². The molecule has 2 aromatic carbocycles. The summed E-state index contributed by atoms with van der Waals surface area (Å²) in [5.41, 5.74) is 5.00. The van der Waals surface area contributed by atoms with Gasteiger partial charge in [0.25, 0.3) is 0 Å². The van der Waals surface area contributed by atoms with Gasteiger partial charge in [-0.15, -0.1) is 0 Å². The second kappa shape index (κ2) is 6.23. The quantitative estimate of drug-likeness (QED) is 0.545. The van der Waals surface area contributed by atoms with Crippen molar-refractivity contribution >= 4 is 16.7 Å². The Labute approximate surface area is 152 Å². The molecule has 0 saturated carbocycles. The maximum absolute atomic E-state index is 7.95. The van der Waals surface area contributed by atoms with Crippen molar-refractivity contribution in [2.24, 2.45) is 0 Å². The highest BCUT2D eigenvalue weighted by atomic mass is 16.5. The summed E-state index contributed by atoms with van der Waals surface area (Å²) in [5, 5.41) is 9.41. The van der Waals surface area contributed by atoms with Crippen LogP contribution in [0.4, 0.5) is 5.69 Å². The van der Waals surface area contributed by atoms with Crippen molar-refractivity contribution in [1.82, 2.24) is 0 Å². The maximum atomic E-state index is 7.95. The molecule has 0 bridgehead atoms. The molecule has 4 nitrogen and oxygen atoms in total. The Morgan fingerprint density at radius 3 is 2.58 bits per heavy atom. The summed E-state index contributed by atoms with van der Waals surface area (Å²) in [6.45, 7) is 0. The molecule has 0 atom stereocenters. The zero-order chi connectivity index (χ0) is 18.3. The lowest BCUT2D eigenvalue weighted by Gasteiger charge is -2.18. The number of nitrogens with one attached hydrogen (secondary N) is 1. The first-order valence-corrected chi connectivity index (χ1v) is 8.44. The van der Waals surface area contributed by atoms with Crippen molar-refractivity contribution < 1.29 is 9.15 Å². The fourth-order valence-electron chi connectivity index (χ4n) is 3.25. The topological polar surface area (TPSA) is 49.5 Å². The molecule has 1 N–H and O–H groups in total. The first kappa shape index (κ1) is 16.2. The van der Waals surface area contributed by atoms with Gasteiger partial charge in [-0.1, -0.05) is 12.1 Å². The number of rotatable bonds is 3. The van der Waals surface area contributed by atoms with E-state index in [0.29, 0.717) is 11.1 Å². The van der Waals surface area contributed by atoms with Crippen molar-refractivity contribution in [2.45, 2.75) is 0 Å². The van der Waals surface area contributed by atoms with E-state index < -0.39 is 0 Å². The fourth-order valence-corrected chi connectivity index (χ4v) is 3.25. The van der Waals surface area contributed by atoms with E-state index >= 15 is 0 Å². The maximum Gasteiger partial charge on any atom is 0.137 e. The monoisotopic (exact) mass is 344 g/mol. The minimum atomic E-state index is 0.431. The van der Waals surface area contributed by atoms with Crippen LogP contribution in [0.2, 0.25) is 0 Å².